The minimum absolute atomic E-state index is 0.0289. The number of halogens is 3. The number of fused-ring (bicyclic) bond motifs is 1. The molecule has 0 saturated carbocycles. The largest absolute Gasteiger partial charge is 0.319 e. The zero-order chi connectivity index (χ0) is 22.2. The van der Waals surface area contributed by atoms with Gasteiger partial charge in [0, 0.05) is 30.7 Å². The topological polar surface area (TPSA) is 64.7 Å². The molecule has 0 unspecified atom stereocenters. The zero-order valence-electron chi connectivity index (χ0n) is 16.9. The van der Waals surface area contributed by atoms with Crippen LogP contribution in [0.5, 0.6) is 0 Å². The van der Waals surface area contributed by atoms with Gasteiger partial charge in [0.05, 0.1) is 17.0 Å². The third-order valence-corrected chi connectivity index (χ3v) is 5.86. The second kappa shape index (κ2) is 8.20. The van der Waals surface area contributed by atoms with E-state index >= 15 is 0 Å². The molecule has 0 aliphatic carbocycles. The van der Waals surface area contributed by atoms with E-state index in [9.17, 15) is 13.6 Å². The third kappa shape index (κ3) is 3.56. The molecule has 1 aliphatic heterocycles. The second-order valence-electron chi connectivity index (χ2n) is 7.49. The van der Waals surface area contributed by atoms with Gasteiger partial charge in [-0.05, 0) is 36.2 Å². The van der Waals surface area contributed by atoms with E-state index in [-0.39, 0.29) is 17.2 Å². The van der Waals surface area contributed by atoms with Gasteiger partial charge >= 0.3 is 0 Å². The van der Waals surface area contributed by atoms with Crippen LogP contribution in [0.15, 0.2) is 59.5 Å². The number of para-hydroxylation sites is 1. The first-order valence-electron chi connectivity index (χ1n) is 10.1. The number of hydrogen-bond acceptors (Lipinski definition) is 4. The average molecular weight is 454 g/mol. The molecule has 6 nitrogen and oxygen atoms in total. The highest BCUT2D eigenvalue weighted by Gasteiger charge is 2.26. The fraction of sp³-hybridized carbons (Fsp3) is 0.174. The van der Waals surface area contributed by atoms with E-state index in [1.165, 1.54) is 12.3 Å². The van der Waals surface area contributed by atoms with Crippen molar-refractivity contribution in [1.29, 1.82) is 0 Å². The first-order valence-corrected chi connectivity index (χ1v) is 10.5. The smallest absolute Gasteiger partial charge is 0.270 e. The van der Waals surface area contributed by atoms with Crippen molar-refractivity contribution in [1.82, 2.24) is 19.3 Å². The average Bonchev–Trinajstić information content (AvgIpc) is 3.35. The van der Waals surface area contributed by atoms with Crippen LogP contribution < -0.4 is 10.9 Å². The minimum Gasteiger partial charge on any atom is -0.319 e. The summed E-state index contributed by atoms with van der Waals surface area (Å²) in [6.07, 6.45) is 2.67. The van der Waals surface area contributed by atoms with E-state index in [2.05, 4.69) is 15.3 Å². The summed E-state index contributed by atoms with van der Waals surface area (Å²) in [5.74, 6) is -1.47. The van der Waals surface area contributed by atoms with E-state index in [4.69, 9.17) is 11.6 Å². The fourth-order valence-corrected chi connectivity index (χ4v) is 4.23. The van der Waals surface area contributed by atoms with Crippen molar-refractivity contribution in [3.63, 3.8) is 0 Å². The number of rotatable bonds is 5. The van der Waals surface area contributed by atoms with Crippen molar-refractivity contribution >= 4 is 23.2 Å². The summed E-state index contributed by atoms with van der Waals surface area (Å²) >= 11 is 6.34. The predicted molar refractivity (Wildman–Crippen MR) is 118 cm³/mol. The van der Waals surface area contributed by atoms with Crippen molar-refractivity contribution in [2.24, 2.45) is 0 Å². The minimum atomic E-state index is -0.751. The summed E-state index contributed by atoms with van der Waals surface area (Å²) in [7, 11) is 0. The van der Waals surface area contributed by atoms with Crippen LogP contribution in [0.4, 0.5) is 20.4 Å². The van der Waals surface area contributed by atoms with Gasteiger partial charge in [0.2, 0.25) is 5.95 Å². The number of hydrogen-bond donors (Lipinski definition) is 1. The van der Waals surface area contributed by atoms with Gasteiger partial charge in [0.1, 0.15) is 17.3 Å². The van der Waals surface area contributed by atoms with Crippen molar-refractivity contribution in [2.75, 3.05) is 5.32 Å². The molecule has 0 radical (unpaired) electrons. The van der Waals surface area contributed by atoms with Crippen LogP contribution in [-0.2, 0) is 19.5 Å². The number of nitrogens with zero attached hydrogens (tertiary/aromatic N) is 4. The predicted octanol–water partition coefficient (Wildman–Crippen LogP) is 4.78. The summed E-state index contributed by atoms with van der Waals surface area (Å²) in [6, 6.07) is 12.6. The lowest BCUT2D eigenvalue weighted by molar-refractivity contribution is 0.590. The highest BCUT2D eigenvalue weighted by atomic mass is 35.5. The summed E-state index contributed by atoms with van der Waals surface area (Å²) in [5.41, 5.74) is 2.12. The first kappa shape index (κ1) is 20.4. The van der Waals surface area contributed by atoms with E-state index in [1.54, 1.807) is 16.8 Å². The molecule has 4 aromatic rings. The lowest BCUT2D eigenvalue weighted by atomic mass is 10.0. The van der Waals surface area contributed by atoms with Crippen molar-refractivity contribution < 1.29 is 8.78 Å². The van der Waals surface area contributed by atoms with Crippen LogP contribution >= 0.6 is 11.6 Å². The molecular formula is C23H18ClF2N5O. The van der Waals surface area contributed by atoms with Gasteiger partial charge in [-0.3, -0.25) is 9.48 Å². The monoisotopic (exact) mass is 453 g/mol. The first-order chi connectivity index (χ1) is 15.5. The second-order valence-corrected chi connectivity index (χ2v) is 7.89. The molecule has 3 heterocycles. The highest BCUT2D eigenvalue weighted by molar-refractivity contribution is 6.31. The summed E-state index contributed by atoms with van der Waals surface area (Å²) in [6.45, 7) is 1.28. The quantitative estimate of drug-likeness (QED) is 0.472. The van der Waals surface area contributed by atoms with Crippen LogP contribution in [0.3, 0.4) is 0 Å². The lowest BCUT2D eigenvalue weighted by Crippen LogP contribution is -2.18. The van der Waals surface area contributed by atoms with Crippen LogP contribution in [-0.4, -0.2) is 19.3 Å². The van der Waals surface area contributed by atoms with Crippen LogP contribution in [0.25, 0.3) is 11.4 Å². The van der Waals surface area contributed by atoms with Gasteiger partial charge in [0.25, 0.3) is 5.56 Å². The van der Waals surface area contributed by atoms with E-state index < -0.39 is 11.6 Å². The molecule has 5 rings (SSSR count). The van der Waals surface area contributed by atoms with Gasteiger partial charge in [-0.25, -0.2) is 23.4 Å². The molecule has 0 fully saturated rings. The standard InChI is InChI=1S/C23H18ClF2N5O/c24-16-6-2-1-5-14(16)13-15-21(30-11-4-12-31(30)22(15)32)19-9-10-27-23(28-19)29-20-17(25)7-3-8-18(20)26/h1-3,5-10H,4,11-13H2,(H,27,28,29). The molecule has 2 aromatic carbocycles. The number of aromatic nitrogens is 4. The van der Waals surface area contributed by atoms with Gasteiger partial charge in [-0.1, -0.05) is 35.9 Å². The molecule has 1 N–H and O–H groups in total. The zero-order valence-corrected chi connectivity index (χ0v) is 17.6. The molecule has 162 valence electrons. The van der Waals surface area contributed by atoms with E-state index in [1.807, 2.05) is 22.9 Å². The van der Waals surface area contributed by atoms with Crippen molar-refractivity contribution in [2.45, 2.75) is 25.9 Å². The van der Waals surface area contributed by atoms with Gasteiger partial charge in [-0.2, -0.15) is 0 Å². The number of anilines is 2. The molecule has 0 saturated heterocycles. The Morgan fingerprint density at radius 2 is 1.75 bits per heavy atom. The van der Waals surface area contributed by atoms with E-state index in [0.29, 0.717) is 41.5 Å². The Balaban J connectivity index is 1.60. The van der Waals surface area contributed by atoms with E-state index in [0.717, 1.165) is 24.1 Å². The maximum Gasteiger partial charge on any atom is 0.270 e. The molecule has 0 amide bonds. The van der Waals surface area contributed by atoms with Crippen LogP contribution in [0.1, 0.15) is 17.5 Å². The van der Waals surface area contributed by atoms with Crippen molar-refractivity contribution in [3.05, 3.63) is 92.9 Å². The lowest BCUT2D eigenvalue weighted by Gasteiger charge is -2.11. The summed E-state index contributed by atoms with van der Waals surface area (Å²) in [5, 5.41) is 3.19. The molecule has 0 spiro atoms. The normalized spacial score (nSPS) is 12.7. The van der Waals surface area contributed by atoms with Crippen molar-refractivity contribution in [3.8, 4) is 11.4 Å². The maximum absolute atomic E-state index is 14.1. The Labute approximate surface area is 187 Å². The van der Waals surface area contributed by atoms with Gasteiger partial charge in [0.15, 0.2) is 0 Å². The molecular weight excluding hydrogens is 436 g/mol. The number of benzene rings is 2. The Hall–Kier alpha value is -3.52. The van der Waals surface area contributed by atoms with Gasteiger partial charge in [-0.15, -0.1) is 0 Å². The molecule has 2 aromatic heterocycles. The van der Waals surface area contributed by atoms with Crippen LogP contribution in [0.2, 0.25) is 5.02 Å². The molecule has 9 heteroatoms. The third-order valence-electron chi connectivity index (χ3n) is 5.49. The Bertz CT molecular complexity index is 1360. The molecule has 0 bridgehead atoms. The maximum atomic E-state index is 14.1. The molecule has 32 heavy (non-hydrogen) atoms. The summed E-state index contributed by atoms with van der Waals surface area (Å²) in [4.78, 5) is 21.8. The molecule has 0 atom stereocenters. The Morgan fingerprint density at radius 3 is 2.53 bits per heavy atom. The molecule has 1 aliphatic rings. The SMILES string of the molecule is O=c1c(Cc2ccccc2Cl)c(-c2ccnc(Nc3c(F)cccc3F)n2)n2n1CCC2. The summed E-state index contributed by atoms with van der Waals surface area (Å²) < 4.78 is 31.7. The number of nitrogens with one attached hydrogen (secondary N) is 1. The van der Waals surface area contributed by atoms with Crippen LogP contribution in [0, 0.1) is 11.6 Å². The Kier molecular flexibility index (Phi) is 5.22. The Morgan fingerprint density at radius 1 is 1.00 bits per heavy atom. The van der Waals surface area contributed by atoms with Gasteiger partial charge < -0.3 is 5.32 Å². The fourth-order valence-electron chi connectivity index (χ4n) is 4.03. The highest BCUT2D eigenvalue weighted by Crippen LogP contribution is 2.29.